The van der Waals surface area contributed by atoms with Crippen LogP contribution < -0.4 is 0 Å². The van der Waals surface area contributed by atoms with Crippen LogP contribution in [0, 0.1) is 0 Å². The van der Waals surface area contributed by atoms with Crippen molar-refractivity contribution in [3.8, 4) is 0 Å². The van der Waals surface area contributed by atoms with Crippen molar-refractivity contribution in [2.24, 2.45) is 0 Å². The summed E-state index contributed by atoms with van der Waals surface area (Å²) in [6, 6.07) is 0. The average Bonchev–Trinajstić information content (AvgIpc) is 2.27. The summed E-state index contributed by atoms with van der Waals surface area (Å²) in [7, 11) is 1.68. The van der Waals surface area contributed by atoms with Crippen molar-refractivity contribution in [1.82, 2.24) is 0 Å². The highest BCUT2D eigenvalue weighted by atomic mass is 32.2. The molecule has 0 aromatic rings. The second-order valence-electron chi connectivity index (χ2n) is 4.36. The summed E-state index contributed by atoms with van der Waals surface area (Å²) in [5.41, 5.74) is -0.211. The van der Waals surface area contributed by atoms with Gasteiger partial charge < -0.3 is 9.47 Å². The molecule has 1 saturated heterocycles. The minimum Gasteiger partial charge on any atom is -0.379 e. The molecule has 0 spiro atoms. The third-order valence-corrected chi connectivity index (χ3v) is 3.69. The standard InChI is InChI=1S/C11H20O3S/c1-11(2,13-3)5-4-9(12)10-8-15-7-6-14-10/h10H,4-8H2,1-3H3. The summed E-state index contributed by atoms with van der Waals surface area (Å²) in [5.74, 6) is 2.03. The molecule has 0 N–H and O–H groups in total. The Labute approximate surface area is 95.9 Å². The highest BCUT2D eigenvalue weighted by molar-refractivity contribution is 7.99. The first kappa shape index (κ1) is 13.0. The molecule has 4 heteroatoms. The van der Waals surface area contributed by atoms with Gasteiger partial charge in [0.25, 0.3) is 0 Å². The van der Waals surface area contributed by atoms with Gasteiger partial charge >= 0.3 is 0 Å². The summed E-state index contributed by atoms with van der Waals surface area (Å²) >= 11 is 1.79. The fraction of sp³-hybridized carbons (Fsp3) is 0.909. The van der Waals surface area contributed by atoms with Crippen LogP contribution >= 0.6 is 11.8 Å². The van der Waals surface area contributed by atoms with Gasteiger partial charge in [0.2, 0.25) is 0 Å². The summed E-state index contributed by atoms with van der Waals surface area (Å²) in [5, 5.41) is 0. The van der Waals surface area contributed by atoms with E-state index >= 15 is 0 Å². The molecule has 0 saturated carbocycles. The lowest BCUT2D eigenvalue weighted by atomic mass is 9.99. The first-order chi connectivity index (χ1) is 7.05. The molecule has 1 aliphatic heterocycles. The molecule has 0 aromatic heterocycles. The van der Waals surface area contributed by atoms with E-state index in [9.17, 15) is 4.79 Å². The number of rotatable bonds is 5. The lowest BCUT2D eigenvalue weighted by Crippen LogP contribution is -2.33. The predicted molar refractivity (Wildman–Crippen MR) is 62.4 cm³/mol. The van der Waals surface area contributed by atoms with Crippen molar-refractivity contribution >= 4 is 17.5 Å². The number of ether oxygens (including phenoxy) is 2. The van der Waals surface area contributed by atoms with E-state index in [0.717, 1.165) is 17.9 Å². The maximum Gasteiger partial charge on any atom is 0.162 e. The van der Waals surface area contributed by atoms with E-state index in [1.54, 1.807) is 18.9 Å². The number of methoxy groups -OCH3 is 1. The molecule has 0 bridgehead atoms. The van der Waals surface area contributed by atoms with Crippen LogP contribution in [-0.2, 0) is 14.3 Å². The minimum atomic E-state index is -0.211. The molecular formula is C11H20O3S. The Morgan fingerprint density at radius 2 is 2.33 bits per heavy atom. The van der Waals surface area contributed by atoms with Crippen molar-refractivity contribution in [2.75, 3.05) is 25.2 Å². The molecule has 15 heavy (non-hydrogen) atoms. The lowest BCUT2D eigenvalue weighted by Gasteiger charge is -2.25. The van der Waals surface area contributed by atoms with E-state index in [-0.39, 0.29) is 17.5 Å². The lowest BCUT2D eigenvalue weighted by molar-refractivity contribution is -0.130. The van der Waals surface area contributed by atoms with Crippen LogP contribution in [0.4, 0.5) is 0 Å². The van der Waals surface area contributed by atoms with E-state index in [4.69, 9.17) is 9.47 Å². The highest BCUT2D eigenvalue weighted by Crippen LogP contribution is 2.19. The molecule has 0 amide bonds. The number of thioether (sulfide) groups is 1. The van der Waals surface area contributed by atoms with Gasteiger partial charge in [-0.05, 0) is 20.3 Å². The number of ketones is 1. The van der Waals surface area contributed by atoms with Crippen LogP contribution in [-0.4, -0.2) is 42.7 Å². The van der Waals surface area contributed by atoms with E-state index < -0.39 is 0 Å². The largest absolute Gasteiger partial charge is 0.379 e. The van der Waals surface area contributed by atoms with E-state index in [1.165, 1.54) is 0 Å². The summed E-state index contributed by atoms with van der Waals surface area (Å²) < 4.78 is 10.7. The van der Waals surface area contributed by atoms with Crippen LogP contribution in [0.1, 0.15) is 26.7 Å². The molecule has 1 fully saturated rings. The minimum absolute atomic E-state index is 0.184. The Morgan fingerprint density at radius 3 is 2.87 bits per heavy atom. The van der Waals surface area contributed by atoms with Gasteiger partial charge in [-0.1, -0.05) is 0 Å². The van der Waals surface area contributed by atoms with Crippen molar-refractivity contribution in [3.05, 3.63) is 0 Å². The van der Waals surface area contributed by atoms with Gasteiger partial charge in [-0.25, -0.2) is 0 Å². The molecule has 0 aliphatic carbocycles. The molecule has 1 rings (SSSR count). The van der Waals surface area contributed by atoms with Gasteiger partial charge in [0.15, 0.2) is 5.78 Å². The Hall–Kier alpha value is -0.0600. The maximum atomic E-state index is 11.8. The van der Waals surface area contributed by atoms with E-state index in [0.29, 0.717) is 13.0 Å². The van der Waals surface area contributed by atoms with Crippen LogP contribution in [0.25, 0.3) is 0 Å². The van der Waals surface area contributed by atoms with Crippen molar-refractivity contribution in [1.29, 1.82) is 0 Å². The molecule has 0 radical (unpaired) electrons. The first-order valence-corrected chi connectivity index (χ1v) is 6.48. The monoisotopic (exact) mass is 232 g/mol. The zero-order valence-electron chi connectivity index (χ0n) is 9.75. The van der Waals surface area contributed by atoms with Gasteiger partial charge in [-0.3, -0.25) is 4.79 Å². The number of carbonyl (C=O) groups is 1. The summed E-state index contributed by atoms with van der Waals surface area (Å²) in [6.45, 7) is 4.70. The molecule has 1 aliphatic rings. The molecule has 1 atom stereocenters. The smallest absolute Gasteiger partial charge is 0.162 e. The van der Waals surface area contributed by atoms with Crippen molar-refractivity contribution < 1.29 is 14.3 Å². The number of hydrogen-bond donors (Lipinski definition) is 0. The van der Waals surface area contributed by atoms with E-state index in [1.807, 2.05) is 13.8 Å². The zero-order valence-corrected chi connectivity index (χ0v) is 10.6. The van der Waals surface area contributed by atoms with Crippen molar-refractivity contribution in [3.63, 3.8) is 0 Å². The molecule has 3 nitrogen and oxygen atoms in total. The fourth-order valence-electron chi connectivity index (χ4n) is 1.36. The normalized spacial score (nSPS) is 22.7. The third-order valence-electron chi connectivity index (χ3n) is 2.70. The Balaban J connectivity index is 2.28. The Morgan fingerprint density at radius 1 is 1.60 bits per heavy atom. The molecular weight excluding hydrogens is 212 g/mol. The fourth-order valence-corrected chi connectivity index (χ4v) is 2.24. The second kappa shape index (κ2) is 5.87. The summed E-state index contributed by atoms with van der Waals surface area (Å²) in [4.78, 5) is 11.8. The molecule has 88 valence electrons. The average molecular weight is 232 g/mol. The highest BCUT2D eigenvalue weighted by Gasteiger charge is 2.25. The Kier molecular flexibility index (Phi) is 5.09. The molecule has 1 heterocycles. The first-order valence-electron chi connectivity index (χ1n) is 5.32. The predicted octanol–water partition coefficient (Wildman–Crippen LogP) is 1.89. The number of carbonyl (C=O) groups excluding carboxylic acids is 1. The Bertz CT molecular complexity index is 210. The van der Waals surface area contributed by atoms with Gasteiger partial charge in [-0.2, -0.15) is 11.8 Å². The van der Waals surface area contributed by atoms with E-state index in [2.05, 4.69) is 0 Å². The maximum absolute atomic E-state index is 11.8. The third kappa shape index (κ3) is 4.53. The second-order valence-corrected chi connectivity index (χ2v) is 5.51. The molecule has 1 unspecified atom stereocenters. The van der Waals surface area contributed by atoms with Gasteiger partial charge in [0.1, 0.15) is 6.10 Å². The van der Waals surface area contributed by atoms with Crippen LogP contribution in [0.3, 0.4) is 0 Å². The SMILES string of the molecule is COC(C)(C)CCC(=O)C1CSCCO1. The zero-order chi connectivity index (χ0) is 11.3. The van der Waals surface area contributed by atoms with Crippen LogP contribution in [0.15, 0.2) is 0 Å². The van der Waals surface area contributed by atoms with Crippen LogP contribution in [0.2, 0.25) is 0 Å². The summed E-state index contributed by atoms with van der Waals surface area (Å²) in [6.07, 6.45) is 1.12. The van der Waals surface area contributed by atoms with Gasteiger partial charge in [0, 0.05) is 25.0 Å². The topological polar surface area (TPSA) is 35.5 Å². The number of Topliss-reactive ketones (excluding diaryl/α,β-unsaturated/α-hetero) is 1. The van der Waals surface area contributed by atoms with Crippen LogP contribution in [0.5, 0.6) is 0 Å². The molecule has 0 aromatic carbocycles. The van der Waals surface area contributed by atoms with Gasteiger partial charge in [-0.15, -0.1) is 0 Å². The van der Waals surface area contributed by atoms with Crippen molar-refractivity contribution in [2.45, 2.75) is 38.4 Å². The number of hydrogen-bond acceptors (Lipinski definition) is 4. The quantitative estimate of drug-likeness (QED) is 0.725. The van der Waals surface area contributed by atoms with Gasteiger partial charge in [0.05, 0.1) is 12.2 Å².